The number of nitrogens with zero attached hydrogens (tertiary/aromatic N) is 1. The third-order valence-electron chi connectivity index (χ3n) is 6.97. The molecule has 1 amide bonds. The van der Waals surface area contributed by atoms with Gasteiger partial charge < -0.3 is 5.32 Å². The first kappa shape index (κ1) is 19.8. The number of carbonyl (C=O) groups excluding carboxylic acids is 1. The van der Waals surface area contributed by atoms with E-state index < -0.39 is 0 Å². The van der Waals surface area contributed by atoms with Crippen LogP contribution in [0, 0.1) is 17.8 Å². The van der Waals surface area contributed by atoms with E-state index in [0.717, 1.165) is 28.3 Å². The highest BCUT2D eigenvalue weighted by molar-refractivity contribution is 6.42. The van der Waals surface area contributed by atoms with Gasteiger partial charge in [-0.3, -0.25) is 4.79 Å². The van der Waals surface area contributed by atoms with Crippen molar-refractivity contribution in [1.82, 2.24) is 10.3 Å². The highest BCUT2D eigenvalue weighted by Crippen LogP contribution is 2.49. The number of para-hydroxylation sites is 1. The van der Waals surface area contributed by atoms with Crippen LogP contribution in [-0.4, -0.2) is 16.9 Å². The summed E-state index contributed by atoms with van der Waals surface area (Å²) in [6, 6.07) is 15.2. The number of fused-ring (bicyclic) bond motifs is 3. The normalized spacial score (nSPS) is 23.6. The summed E-state index contributed by atoms with van der Waals surface area (Å²) in [6.07, 6.45) is 5.27. The molecule has 5 heteroatoms. The van der Waals surface area contributed by atoms with E-state index in [-0.39, 0.29) is 11.9 Å². The average Bonchev–Trinajstić information content (AvgIpc) is 3.38. The van der Waals surface area contributed by atoms with Crippen molar-refractivity contribution in [2.75, 3.05) is 0 Å². The average molecular weight is 439 g/mol. The van der Waals surface area contributed by atoms with Crippen LogP contribution in [0.25, 0.3) is 22.2 Å². The van der Waals surface area contributed by atoms with Gasteiger partial charge in [-0.15, -0.1) is 0 Å². The third kappa shape index (κ3) is 3.59. The standard InChI is InChI=1S/C25H24Cl2N2O/c1-14(19-11-15-6-7-16(19)10-15)28-25(30)20-13-24(17-8-9-21(26)22(27)12-17)29-23-5-3-2-4-18(20)23/h2-5,8-9,12-16,19H,6-7,10-11H2,1H3,(H,28,30)/t14-,15-,16-,19-/m0/s1. The minimum Gasteiger partial charge on any atom is -0.349 e. The number of amides is 1. The molecule has 2 fully saturated rings. The van der Waals surface area contributed by atoms with E-state index in [0.29, 0.717) is 27.2 Å². The molecule has 1 aromatic heterocycles. The monoisotopic (exact) mass is 438 g/mol. The number of aromatic nitrogens is 1. The fraction of sp³-hybridized carbons (Fsp3) is 0.360. The molecule has 3 aromatic rings. The van der Waals surface area contributed by atoms with Crippen LogP contribution in [0.2, 0.25) is 10.0 Å². The van der Waals surface area contributed by atoms with Crippen molar-refractivity contribution in [3.63, 3.8) is 0 Å². The van der Waals surface area contributed by atoms with Gasteiger partial charge in [0.25, 0.3) is 5.91 Å². The molecule has 0 saturated heterocycles. The van der Waals surface area contributed by atoms with Crippen molar-refractivity contribution < 1.29 is 4.79 Å². The summed E-state index contributed by atoms with van der Waals surface area (Å²) in [7, 11) is 0. The molecule has 2 saturated carbocycles. The summed E-state index contributed by atoms with van der Waals surface area (Å²) in [5, 5.41) is 5.13. The van der Waals surface area contributed by atoms with E-state index in [2.05, 4.69) is 12.2 Å². The Balaban J connectivity index is 1.49. The van der Waals surface area contributed by atoms with Crippen molar-refractivity contribution in [3.05, 3.63) is 64.1 Å². The first-order valence-electron chi connectivity index (χ1n) is 10.7. The lowest BCUT2D eigenvalue weighted by Crippen LogP contribution is -2.40. The van der Waals surface area contributed by atoms with Crippen LogP contribution in [0.15, 0.2) is 48.5 Å². The molecular formula is C25H24Cl2N2O. The Morgan fingerprint density at radius 2 is 1.90 bits per heavy atom. The number of hydrogen-bond donors (Lipinski definition) is 1. The number of nitrogens with one attached hydrogen (secondary N) is 1. The van der Waals surface area contributed by atoms with Crippen LogP contribution in [-0.2, 0) is 0 Å². The summed E-state index contributed by atoms with van der Waals surface area (Å²) in [5.74, 6) is 2.19. The first-order chi connectivity index (χ1) is 14.5. The zero-order valence-electron chi connectivity index (χ0n) is 16.9. The van der Waals surface area contributed by atoms with Crippen LogP contribution in [0.1, 0.15) is 43.0 Å². The molecular weight excluding hydrogens is 415 g/mol. The molecule has 4 atom stereocenters. The van der Waals surface area contributed by atoms with E-state index in [1.165, 1.54) is 25.7 Å². The Kier molecular flexibility index (Phi) is 5.20. The molecule has 30 heavy (non-hydrogen) atoms. The lowest BCUT2D eigenvalue weighted by molar-refractivity contribution is 0.0917. The maximum Gasteiger partial charge on any atom is 0.252 e. The topological polar surface area (TPSA) is 42.0 Å². The predicted molar refractivity (Wildman–Crippen MR) is 123 cm³/mol. The molecule has 0 spiro atoms. The van der Waals surface area contributed by atoms with Gasteiger partial charge in [0.2, 0.25) is 0 Å². The number of benzene rings is 2. The third-order valence-corrected chi connectivity index (χ3v) is 7.71. The number of pyridine rings is 1. The highest BCUT2D eigenvalue weighted by atomic mass is 35.5. The van der Waals surface area contributed by atoms with Crippen molar-refractivity contribution in [2.24, 2.45) is 17.8 Å². The largest absolute Gasteiger partial charge is 0.349 e. The number of rotatable bonds is 4. The zero-order valence-corrected chi connectivity index (χ0v) is 18.4. The summed E-state index contributed by atoms with van der Waals surface area (Å²) in [6.45, 7) is 2.16. The van der Waals surface area contributed by atoms with Gasteiger partial charge in [-0.25, -0.2) is 4.98 Å². The Morgan fingerprint density at radius 1 is 1.07 bits per heavy atom. The molecule has 0 aliphatic heterocycles. The molecule has 1 heterocycles. The summed E-state index contributed by atoms with van der Waals surface area (Å²) >= 11 is 12.3. The molecule has 0 radical (unpaired) electrons. The van der Waals surface area contributed by atoms with Crippen molar-refractivity contribution >= 4 is 40.0 Å². The van der Waals surface area contributed by atoms with E-state index in [4.69, 9.17) is 28.2 Å². The summed E-state index contributed by atoms with van der Waals surface area (Å²) in [4.78, 5) is 18.1. The Morgan fingerprint density at radius 3 is 2.63 bits per heavy atom. The predicted octanol–water partition coefficient (Wildman–Crippen LogP) is 6.76. The van der Waals surface area contributed by atoms with Crippen LogP contribution in [0.4, 0.5) is 0 Å². The number of halogens is 2. The highest BCUT2D eigenvalue weighted by Gasteiger charge is 2.42. The van der Waals surface area contributed by atoms with Gasteiger partial charge in [-0.2, -0.15) is 0 Å². The first-order valence-corrected chi connectivity index (χ1v) is 11.4. The fourth-order valence-corrected chi connectivity index (χ4v) is 5.76. The van der Waals surface area contributed by atoms with Crippen molar-refractivity contribution in [1.29, 1.82) is 0 Å². The molecule has 2 aliphatic carbocycles. The second kappa shape index (κ2) is 7.86. The van der Waals surface area contributed by atoms with Crippen molar-refractivity contribution in [3.8, 4) is 11.3 Å². The minimum atomic E-state index is -0.0369. The summed E-state index contributed by atoms with van der Waals surface area (Å²) < 4.78 is 0. The molecule has 1 N–H and O–H groups in total. The second-order valence-electron chi connectivity index (χ2n) is 8.80. The Hall–Kier alpha value is -2.10. The van der Waals surface area contributed by atoms with Gasteiger partial charge >= 0.3 is 0 Å². The SMILES string of the molecule is C[C@H](NC(=O)c1cc(-c2ccc(Cl)c(Cl)c2)nc2ccccc12)[C@@H]1C[C@H]2CC[C@H]1C2. The van der Waals surface area contributed by atoms with Gasteiger partial charge in [-0.05, 0) is 68.2 Å². The van der Waals surface area contributed by atoms with Gasteiger partial charge in [0.1, 0.15) is 0 Å². The molecule has 2 aliphatic rings. The van der Waals surface area contributed by atoms with E-state index in [9.17, 15) is 4.79 Å². The number of carbonyl (C=O) groups is 1. The smallest absolute Gasteiger partial charge is 0.252 e. The molecule has 2 aromatic carbocycles. The lowest BCUT2D eigenvalue weighted by Gasteiger charge is -2.28. The molecule has 3 nitrogen and oxygen atoms in total. The molecule has 5 rings (SSSR count). The lowest BCUT2D eigenvalue weighted by atomic mass is 9.84. The molecule has 0 unspecified atom stereocenters. The van der Waals surface area contributed by atoms with Crippen LogP contribution in [0.3, 0.4) is 0 Å². The van der Waals surface area contributed by atoms with Gasteiger partial charge in [0.05, 0.1) is 26.8 Å². The number of hydrogen-bond acceptors (Lipinski definition) is 2. The Bertz CT molecular complexity index is 1130. The van der Waals surface area contributed by atoms with Crippen LogP contribution >= 0.6 is 23.2 Å². The quantitative estimate of drug-likeness (QED) is 0.488. The van der Waals surface area contributed by atoms with Gasteiger partial charge in [0, 0.05) is 17.0 Å². The molecule has 2 bridgehead atoms. The van der Waals surface area contributed by atoms with E-state index in [1.54, 1.807) is 12.1 Å². The van der Waals surface area contributed by atoms with E-state index >= 15 is 0 Å². The maximum atomic E-state index is 13.4. The van der Waals surface area contributed by atoms with Crippen LogP contribution in [0.5, 0.6) is 0 Å². The zero-order chi connectivity index (χ0) is 20.8. The van der Waals surface area contributed by atoms with E-state index in [1.807, 2.05) is 36.4 Å². The Labute approximate surface area is 186 Å². The summed E-state index contributed by atoms with van der Waals surface area (Å²) in [5.41, 5.74) is 2.99. The maximum absolute atomic E-state index is 13.4. The van der Waals surface area contributed by atoms with Crippen molar-refractivity contribution in [2.45, 2.75) is 38.6 Å². The van der Waals surface area contributed by atoms with Gasteiger partial charge in [-0.1, -0.05) is 53.9 Å². The molecule has 154 valence electrons. The fourth-order valence-electron chi connectivity index (χ4n) is 5.46. The van der Waals surface area contributed by atoms with Crippen LogP contribution < -0.4 is 5.32 Å². The second-order valence-corrected chi connectivity index (χ2v) is 9.62. The van der Waals surface area contributed by atoms with Gasteiger partial charge in [0.15, 0.2) is 0 Å². The minimum absolute atomic E-state index is 0.0369.